The summed E-state index contributed by atoms with van der Waals surface area (Å²) in [6.07, 6.45) is 0.222. The van der Waals surface area contributed by atoms with Crippen LogP contribution in [0.2, 0.25) is 5.02 Å². The second kappa shape index (κ2) is 6.68. The van der Waals surface area contributed by atoms with Crippen molar-refractivity contribution >= 4 is 17.6 Å². The molecule has 0 saturated carbocycles. The number of nitrogens with zero attached hydrogens (tertiary/aromatic N) is 1. The summed E-state index contributed by atoms with van der Waals surface area (Å²) in [6, 6.07) is 6.20. The maximum Gasteiger partial charge on any atom is 0.303 e. The standard InChI is InChI=1S/C7H4ClNO.C3H6O2/c8-6-3-5(4-9)1-2-7(6)10;1-2-3(4)5/h1-3,10H;2H2,1H3,(H,4,5). The number of carbonyl (C=O) groups is 1. The number of hydrogen-bond acceptors (Lipinski definition) is 3. The molecule has 0 atom stereocenters. The van der Waals surface area contributed by atoms with Crippen LogP contribution in [0.5, 0.6) is 5.75 Å². The number of carboxylic acids is 1. The van der Waals surface area contributed by atoms with E-state index in [2.05, 4.69) is 0 Å². The molecule has 0 spiro atoms. The van der Waals surface area contributed by atoms with Gasteiger partial charge in [0.25, 0.3) is 0 Å². The topological polar surface area (TPSA) is 81.3 Å². The second-order valence-corrected chi connectivity index (χ2v) is 2.93. The summed E-state index contributed by atoms with van der Waals surface area (Å²) >= 11 is 5.49. The Morgan fingerprint density at radius 2 is 2.13 bits per heavy atom. The normalized spacial score (nSPS) is 8.33. The molecule has 0 heterocycles. The van der Waals surface area contributed by atoms with Crippen LogP contribution in [-0.2, 0) is 4.79 Å². The Balaban J connectivity index is 0.000000336. The molecule has 80 valence electrons. The quantitative estimate of drug-likeness (QED) is 0.772. The molecule has 1 rings (SSSR count). The number of halogens is 1. The Hall–Kier alpha value is -1.73. The van der Waals surface area contributed by atoms with Crippen LogP contribution in [0.15, 0.2) is 18.2 Å². The number of phenols is 1. The number of hydrogen-bond donors (Lipinski definition) is 2. The number of carboxylic acid groups (broad SMARTS) is 1. The Labute approximate surface area is 92.3 Å². The first-order valence-electron chi connectivity index (χ1n) is 4.11. The van der Waals surface area contributed by atoms with Crippen LogP contribution in [-0.4, -0.2) is 16.2 Å². The van der Waals surface area contributed by atoms with E-state index in [1.54, 1.807) is 6.92 Å². The van der Waals surface area contributed by atoms with E-state index in [1.165, 1.54) is 18.2 Å². The van der Waals surface area contributed by atoms with Gasteiger partial charge >= 0.3 is 5.97 Å². The highest BCUT2D eigenvalue weighted by atomic mass is 35.5. The van der Waals surface area contributed by atoms with Crippen molar-refractivity contribution in [2.24, 2.45) is 0 Å². The van der Waals surface area contributed by atoms with Crippen molar-refractivity contribution in [3.8, 4) is 11.8 Å². The molecule has 1 aromatic carbocycles. The molecule has 4 nitrogen and oxygen atoms in total. The van der Waals surface area contributed by atoms with Gasteiger partial charge in [0.05, 0.1) is 16.7 Å². The molecular weight excluding hydrogens is 218 g/mol. The van der Waals surface area contributed by atoms with Gasteiger partial charge in [-0.2, -0.15) is 5.26 Å². The lowest BCUT2D eigenvalue weighted by Gasteiger charge is -1.93. The number of rotatable bonds is 1. The lowest BCUT2D eigenvalue weighted by molar-refractivity contribution is -0.136. The smallest absolute Gasteiger partial charge is 0.303 e. The number of phenolic OH excluding ortho intramolecular Hbond substituents is 1. The molecule has 0 radical (unpaired) electrons. The summed E-state index contributed by atoms with van der Waals surface area (Å²) < 4.78 is 0. The molecule has 0 amide bonds. The highest BCUT2D eigenvalue weighted by molar-refractivity contribution is 6.32. The minimum absolute atomic E-state index is 0.000617. The van der Waals surface area contributed by atoms with Gasteiger partial charge in [-0.05, 0) is 18.2 Å². The summed E-state index contributed by atoms with van der Waals surface area (Å²) in [6.45, 7) is 1.60. The fourth-order valence-electron chi connectivity index (χ4n) is 0.576. The van der Waals surface area contributed by atoms with Gasteiger partial charge in [0.1, 0.15) is 5.75 Å². The molecular formula is C10H10ClNO3. The lowest BCUT2D eigenvalue weighted by Crippen LogP contribution is -1.86. The third-order valence-electron chi connectivity index (χ3n) is 1.38. The van der Waals surface area contributed by atoms with E-state index in [0.29, 0.717) is 5.56 Å². The van der Waals surface area contributed by atoms with Gasteiger partial charge in [-0.3, -0.25) is 4.79 Å². The van der Waals surface area contributed by atoms with Crippen LogP contribution in [0.4, 0.5) is 0 Å². The van der Waals surface area contributed by atoms with Gasteiger partial charge in [0.2, 0.25) is 0 Å². The summed E-state index contributed by atoms with van der Waals surface area (Å²) in [7, 11) is 0. The predicted octanol–water partition coefficient (Wildman–Crippen LogP) is 2.40. The van der Waals surface area contributed by atoms with Gasteiger partial charge in [-0.15, -0.1) is 0 Å². The first-order chi connectivity index (χ1) is 7.01. The van der Waals surface area contributed by atoms with E-state index >= 15 is 0 Å². The van der Waals surface area contributed by atoms with Crippen molar-refractivity contribution in [1.82, 2.24) is 0 Å². The highest BCUT2D eigenvalue weighted by Crippen LogP contribution is 2.22. The number of nitriles is 1. The molecule has 2 N–H and O–H groups in total. The Morgan fingerprint density at radius 3 is 2.47 bits per heavy atom. The SMILES string of the molecule is CCC(=O)O.N#Cc1ccc(O)c(Cl)c1. The third kappa shape index (κ3) is 5.55. The zero-order valence-electron chi connectivity index (χ0n) is 8.07. The van der Waals surface area contributed by atoms with E-state index in [-0.39, 0.29) is 17.2 Å². The largest absolute Gasteiger partial charge is 0.506 e. The van der Waals surface area contributed by atoms with Gasteiger partial charge in [0, 0.05) is 6.42 Å². The maximum atomic E-state index is 9.37. The zero-order chi connectivity index (χ0) is 11.8. The third-order valence-corrected chi connectivity index (χ3v) is 1.68. The predicted molar refractivity (Wildman–Crippen MR) is 55.8 cm³/mol. The molecule has 0 aromatic heterocycles. The van der Waals surface area contributed by atoms with Crippen molar-refractivity contribution in [3.63, 3.8) is 0 Å². The molecule has 0 aliphatic carbocycles. The van der Waals surface area contributed by atoms with E-state index in [1.807, 2.05) is 6.07 Å². The van der Waals surface area contributed by atoms with Crippen molar-refractivity contribution in [2.75, 3.05) is 0 Å². The van der Waals surface area contributed by atoms with Crippen LogP contribution in [0.25, 0.3) is 0 Å². The average Bonchev–Trinajstić information content (AvgIpc) is 2.23. The number of benzene rings is 1. The van der Waals surface area contributed by atoms with E-state index < -0.39 is 5.97 Å². The maximum absolute atomic E-state index is 9.37. The molecule has 0 aliphatic heterocycles. The summed E-state index contributed by atoms with van der Waals surface area (Å²) in [5.74, 6) is -0.745. The van der Waals surface area contributed by atoms with Crippen molar-refractivity contribution in [2.45, 2.75) is 13.3 Å². The number of aromatic hydroxyl groups is 1. The van der Waals surface area contributed by atoms with Crippen LogP contribution >= 0.6 is 11.6 Å². The fourth-order valence-corrected chi connectivity index (χ4v) is 0.757. The van der Waals surface area contributed by atoms with Crippen LogP contribution in [0.1, 0.15) is 18.9 Å². The fraction of sp³-hybridized carbons (Fsp3) is 0.200. The Kier molecular flexibility index (Phi) is 5.91. The second-order valence-electron chi connectivity index (χ2n) is 2.53. The highest BCUT2D eigenvalue weighted by Gasteiger charge is 1.97. The molecule has 0 bridgehead atoms. The first-order valence-corrected chi connectivity index (χ1v) is 4.49. The van der Waals surface area contributed by atoms with Gasteiger partial charge in [-0.1, -0.05) is 18.5 Å². The van der Waals surface area contributed by atoms with E-state index in [0.717, 1.165) is 0 Å². The van der Waals surface area contributed by atoms with Crippen molar-refractivity contribution in [1.29, 1.82) is 5.26 Å². The summed E-state index contributed by atoms with van der Waals surface area (Å²) in [5.41, 5.74) is 0.447. The molecule has 1 aromatic rings. The van der Waals surface area contributed by atoms with Gasteiger partial charge < -0.3 is 10.2 Å². The Morgan fingerprint density at radius 1 is 1.60 bits per heavy atom. The van der Waals surface area contributed by atoms with Crippen molar-refractivity contribution in [3.05, 3.63) is 28.8 Å². The number of aliphatic carboxylic acids is 1. The molecule has 0 fully saturated rings. The van der Waals surface area contributed by atoms with Crippen LogP contribution in [0, 0.1) is 11.3 Å². The Bertz CT molecular complexity index is 385. The minimum Gasteiger partial charge on any atom is -0.506 e. The van der Waals surface area contributed by atoms with E-state index in [9.17, 15) is 4.79 Å². The first kappa shape index (κ1) is 13.3. The van der Waals surface area contributed by atoms with E-state index in [4.69, 9.17) is 27.1 Å². The zero-order valence-corrected chi connectivity index (χ0v) is 8.82. The minimum atomic E-state index is -0.745. The molecule has 0 saturated heterocycles. The molecule has 0 aliphatic rings. The molecule has 5 heteroatoms. The van der Waals surface area contributed by atoms with Gasteiger partial charge in [0.15, 0.2) is 0 Å². The lowest BCUT2D eigenvalue weighted by atomic mass is 10.2. The van der Waals surface area contributed by atoms with Crippen LogP contribution < -0.4 is 0 Å². The van der Waals surface area contributed by atoms with Crippen LogP contribution in [0.3, 0.4) is 0 Å². The molecule has 15 heavy (non-hydrogen) atoms. The monoisotopic (exact) mass is 227 g/mol. The average molecular weight is 228 g/mol. The van der Waals surface area contributed by atoms with Gasteiger partial charge in [-0.25, -0.2) is 0 Å². The molecule has 0 unspecified atom stereocenters. The summed E-state index contributed by atoms with van der Waals surface area (Å²) in [5, 5.41) is 25.2. The summed E-state index contributed by atoms with van der Waals surface area (Å²) in [4.78, 5) is 9.37. The van der Waals surface area contributed by atoms with Crippen molar-refractivity contribution < 1.29 is 15.0 Å².